The maximum absolute atomic E-state index is 5.29. The minimum atomic E-state index is 0.279. The summed E-state index contributed by atoms with van der Waals surface area (Å²) < 4.78 is 5.29. The first-order valence-electron chi connectivity index (χ1n) is 6.57. The second-order valence-electron chi connectivity index (χ2n) is 5.11. The van der Waals surface area contributed by atoms with Gasteiger partial charge in [-0.1, -0.05) is 31.2 Å². The quantitative estimate of drug-likeness (QED) is 0.862. The standard InChI is InChI=1S/C15H23NO/c1-11-8-9-15(16-10-12(2)17-3)14-7-5-4-6-13(11)14/h4-7,11-12,15-16H,8-10H2,1-3H3. The number of methoxy groups -OCH3 is 1. The molecule has 3 atom stereocenters. The second kappa shape index (κ2) is 5.65. The highest BCUT2D eigenvalue weighted by atomic mass is 16.5. The molecule has 0 bridgehead atoms. The maximum Gasteiger partial charge on any atom is 0.0667 e. The van der Waals surface area contributed by atoms with Gasteiger partial charge in [-0.3, -0.25) is 0 Å². The normalized spacial score (nSPS) is 25.4. The first-order valence-corrected chi connectivity index (χ1v) is 6.57. The van der Waals surface area contributed by atoms with Crippen molar-refractivity contribution in [2.24, 2.45) is 0 Å². The van der Waals surface area contributed by atoms with Crippen molar-refractivity contribution in [3.05, 3.63) is 35.4 Å². The lowest BCUT2D eigenvalue weighted by molar-refractivity contribution is 0.113. The molecule has 1 aromatic carbocycles. The molecule has 0 heterocycles. The zero-order chi connectivity index (χ0) is 12.3. The van der Waals surface area contributed by atoms with Gasteiger partial charge in [0.1, 0.15) is 0 Å². The van der Waals surface area contributed by atoms with E-state index in [1.54, 1.807) is 7.11 Å². The van der Waals surface area contributed by atoms with Gasteiger partial charge >= 0.3 is 0 Å². The molecule has 2 rings (SSSR count). The van der Waals surface area contributed by atoms with Crippen LogP contribution in [-0.4, -0.2) is 19.8 Å². The molecule has 0 spiro atoms. The van der Waals surface area contributed by atoms with Crippen molar-refractivity contribution in [2.45, 2.75) is 44.8 Å². The van der Waals surface area contributed by atoms with Crippen LogP contribution in [0.1, 0.15) is 49.8 Å². The van der Waals surface area contributed by atoms with Crippen LogP contribution in [0.15, 0.2) is 24.3 Å². The van der Waals surface area contributed by atoms with Gasteiger partial charge in [0.2, 0.25) is 0 Å². The van der Waals surface area contributed by atoms with Crippen molar-refractivity contribution >= 4 is 0 Å². The van der Waals surface area contributed by atoms with Gasteiger partial charge in [-0.05, 0) is 36.8 Å². The first kappa shape index (κ1) is 12.6. The monoisotopic (exact) mass is 233 g/mol. The van der Waals surface area contributed by atoms with Crippen molar-refractivity contribution < 1.29 is 4.74 Å². The van der Waals surface area contributed by atoms with E-state index in [1.807, 2.05) is 0 Å². The lowest BCUT2D eigenvalue weighted by atomic mass is 9.81. The third-order valence-corrected chi connectivity index (χ3v) is 3.84. The van der Waals surface area contributed by atoms with Crippen LogP contribution < -0.4 is 5.32 Å². The Bertz CT molecular complexity index is 364. The Morgan fingerprint density at radius 2 is 2.00 bits per heavy atom. The number of ether oxygens (including phenoxy) is 1. The van der Waals surface area contributed by atoms with E-state index in [9.17, 15) is 0 Å². The van der Waals surface area contributed by atoms with Gasteiger partial charge < -0.3 is 10.1 Å². The van der Waals surface area contributed by atoms with E-state index in [0.29, 0.717) is 12.0 Å². The Morgan fingerprint density at radius 3 is 2.71 bits per heavy atom. The highest BCUT2D eigenvalue weighted by molar-refractivity contribution is 5.34. The van der Waals surface area contributed by atoms with E-state index in [2.05, 4.69) is 43.4 Å². The Labute approximate surface area is 104 Å². The molecule has 0 aromatic heterocycles. The average molecular weight is 233 g/mol. The summed E-state index contributed by atoms with van der Waals surface area (Å²) in [7, 11) is 1.77. The highest BCUT2D eigenvalue weighted by Gasteiger charge is 2.23. The van der Waals surface area contributed by atoms with Crippen LogP contribution in [0.2, 0.25) is 0 Å². The van der Waals surface area contributed by atoms with Crippen LogP contribution in [-0.2, 0) is 4.74 Å². The number of hydrogen-bond donors (Lipinski definition) is 1. The van der Waals surface area contributed by atoms with Gasteiger partial charge in [-0.2, -0.15) is 0 Å². The van der Waals surface area contributed by atoms with Crippen molar-refractivity contribution in [2.75, 3.05) is 13.7 Å². The van der Waals surface area contributed by atoms with Crippen LogP contribution in [0, 0.1) is 0 Å². The molecule has 3 unspecified atom stereocenters. The molecule has 1 aliphatic carbocycles. The lowest BCUT2D eigenvalue weighted by Crippen LogP contribution is -2.32. The van der Waals surface area contributed by atoms with E-state index < -0.39 is 0 Å². The molecule has 1 aliphatic rings. The largest absolute Gasteiger partial charge is 0.380 e. The van der Waals surface area contributed by atoms with Crippen molar-refractivity contribution in [1.82, 2.24) is 5.32 Å². The number of hydrogen-bond acceptors (Lipinski definition) is 2. The minimum Gasteiger partial charge on any atom is -0.380 e. The Balaban J connectivity index is 2.08. The van der Waals surface area contributed by atoms with Crippen molar-refractivity contribution in [3.8, 4) is 0 Å². The molecule has 0 amide bonds. The summed E-state index contributed by atoms with van der Waals surface area (Å²) in [5.41, 5.74) is 3.00. The molecular formula is C15H23NO. The van der Waals surface area contributed by atoms with E-state index in [0.717, 1.165) is 6.54 Å². The fraction of sp³-hybridized carbons (Fsp3) is 0.600. The zero-order valence-electron chi connectivity index (χ0n) is 11.1. The molecule has 0 radical (unpaired) electrons. The highest BCUT2D eigenvalue weighted by Crippen LogP contribution is 2.36. The van der Waals surface area contributed by atoms with Gasteiger partial charge in [-0.15, -0.1) is 0 Å². The molecule has 0 aliphatic heterocycles. The topological polar surface area (TPSA) is 21.3 Å². The van der Waals surface area contributed by atoms with Crippen LogP contribution in [0.25, 0.3) is 0 Å². The van der Waals surface area contributed by atoms with E-state index in [4.69, 9.17) is 4.74 Å². The zero-order valence-corrected chi connectivity index (χ0v) is 11.1. The fourth-order valence-corrected chi connectivity index (χ4v) is 2.61. The first-order chi connectivity index (χ1) is 8.22. The summed E-state index contributed by atoms with van der Waals surface area (Å²) >= 11 is 0. The molecular weight excluding hydrogens is 210 g/mol. The minimum absolute atomic E-state index is 0.279. The van der Waals surface area contributed by atoms with E-state index in [-0.39, 0.29) is 6.10 Å². The van der Waals surface area contributed by atoms with Crippen LogP contribution in [0.5, 0.6) is 0 Å². The predicted octanol–water partition coefficient (Wildman–Crippen LogP) is 3.25. The SMILES string of the molecule is COC(C)CNC1CCC(C)c2ccccc21. The van der Waals surface area contributed by atoms with Crippen molar-refractivity contribution in [1.29, 1.82) is 0 Å². The summed E-state index contributed by atoms with van der Waals surface area (Å²) in [6.07, 6.45) is 2.78. The molecule has 2 nitrogen and oxygen atoms in total. The number of fused-ring (bicyclic) bond motifs is 1. The fourth-order valence-electron chi connectivity index (χ4n) is 2.61. The Kier molecular flexibility index (Phi) is 4.19. The number of nitrogens with one attached hydrogen (secondary N) is 1. The summed E-state index contributed by atoms with van der Waals surface area (Å²) in [4.78, 5) is 0. The average Bonchev–Trinajstić information content (AvgIpc) is 2.38. The summed E-state index contributed by atoms with van der Waals surface area (Å²) in [5, 5.41) is 3.62. The third-order valence-electron chi connectivity index (χ3n) is 3.84. The molecule has 0 fully saturated rings. The van der Waals surface area contributed by atoms with Gasteiger partial charge in [-0.25, -0.2) is 0 Å². The molecule has 17 heavy (non-hydrogen) atoms. The Morgan fingerprint density at radius 1 is 1.29 bits per heavy atom. The lowest BCUT2D eigenvalue weighted by Gasteiger charge is -2.31. The molecule has 0 saturated carbocycles. The van der Waals surface area contributed by atoms with Crippen LogP contribution in [0.3, 0.4) is 0 Å². The summed E-state index contributed by atoms with van der Waals surface area (Å²) in [5.74, 6) is 0.698. The van der Waals surface area contributed by atoms with Crippen LogP contribution in [0.4, 0.5) is 0 Å². The summed E-state index contributed by atoms with van der Waals surface area (Å²) in [6, 6.07) is 9.33. The molecule has 1 N–H and O–H groups in total. The number of benzene rings is 1. The molecule has 1 aromatic rings. The smallest absolute Gasteiger partial charge is 0.0667 e. The van der Waals surface area contributed by atoms with E-state index >= 15 is 0 Å². The van der Waals surface area contributed by atoms with Crippen LogP contribution >= 0.6 is 0 Å². The summed E-state index contributed by atoms with van der Waals surface area (Å²) in [6.45, 7) is 5.35. The number of rotatable bonds is 4. The third kappa shape index (κ3) is 2.88. The van der Waals surface area contributed by atoms with E-state index in [1.165, 1.54) is 24.0 Å². The van der Waals surface area contributed by atoms with Gasteiger partial charge in [0, 0.05) is 19.7 Å². The molecule has 0 saturated heterocycles. The molecule has 2 heteroatoms. The Hall–Kier alpha value is -0.860. The second-order valence-corrected chi connectivity index (χ2v) is 5.11. The maximum atomic E-state index is 5.29. The van der Waals surface area contributed by atoms with Gasteiger partial charge in [0.15, 0.2) is 0 Å². The predicted molar refractivity (Wildman–Crippen MR) is 71.3 cm³/mol. The van der Waals surface area contributed by atoms with Gasteiger partial charge in [0.25, 0.3) is 0 Å². The van der Waals surface area contributed by atoms with Gasteiger partial charge in [0.05, 0.1) is 6.10 Å². The van der Waals surface area contributed by atoms with Crippen molar-refractivity contribution in [3.63, 3.8) is 0 Å². The molecule has 94 valence electrons.